The first-order chi connectivity index (χ1) is 5.11. The number of nitrogens with zero attached hydrogens (tertiary/aromatic N) is 2. The predicted octanol–water partition coefficient (Wildman–Crippen LogP) is 0.378. The minimum atomic E-state index is -1.09. The Morgan fingerprint density at radius 2 is 2.27 bits per heavy atom. The molecule has 0 aromatic carbocycles. The van der Waals surface area contributed by atoms with Crippen molar-refractivity contribution >= 4 is 11.8 Å². The molecule has 1 aliphatic rings. The zero-order valence-electron chi connectivity index (χ0n) is 5.81. The summed E-state index contributed by atoms with van der Waals surface area (Å²) in [5, 5.41) is 15.1. The van der Waals surface area contributed by atoms with Crippen LogP contribution in [0.1, 0.15) is 6.92 Å². The van der Waals surface area contributed by atoms with Gasteiger partial charge in [-0.3, -0.25) is 4.79 Å². The van der Waals surface area contributed by atoms with Gasteiger partial charge in [0.1, 0.15) is 5.70 Å². The second-order valence-electron chi connectivity index (χ2n) is 2.11. The lowest BCUT2D eigenvalue weighted by molar-refractivity contribution is -0.137. The Kier molecular flexibility index (Phi) is 1.80. The van der Waals surface area contributed by atoms with E-state index in [0.717, 1.165) is 0 Å². The largest absolute Gasteiger partial charge is 0.479 e. The summed E-state index contributed by atoms with van der Waals surface area (Å²) in [6.07, 6.45) is 1.23. The van der Waals surface area contributed by atoms with E-state index in [0.29, 0.717) is 0 Å². The second-order valence-corrected chi connectivity index (χ2v) is 2.11. The molecular formula is C6H6N2O3. The highest BCUT2D eigenvalue weighted by atomic mass is 16.4. The van der Waals surface area contributed by atoms with Gasteiger partial charge in [0.15, 0.2) is 11.8 Å². The molecule has 0 aromatic rings. The molecule has 0 bridgehead atoms. The van der Waals surface area contributed by atoms with Crippen molar-refractivity contribution in [2.75, 3.05) is 0 Å². The lowest BCUT2D eigenvalue weighted by Crippen LogP contribution is -2.12. The lowest BCUT2D eigenvalue weighted by atomic mass is 10.2. The number of carboxylic acid groups (broad SMARTS) is 1. The van der Waals surface area contributed by atoms with Crippen LogP contribution in [-0.4, -0.2) is 22.9 Å². The van der Waals surface area contributed by atoms with Crippen LogP contribution in [0.15, 0.2) is 22.0 Å². The fraction of sp³-hybridized carbons (Fsp3) is 0.333. The molecule has 0 saturated heterocycles. The molecule has 0 radical (unpaired) electrons. The maximum absolute atomic E-state index is 10.6. The van der Waals surface area contributed by atoms with Crippen LogP contribution >= 0.6 is 0 Å². The van der Waals surface area contributed by atoms with Gasteiger partial charge in [0, 0.05) is 6.92 Å². The van der Waals surface area contributed by atoms with Crippen molar-refractivity contribution in [3.05, 3.63) is 11.8 Å². The van der Waals surface area contributed by atoms with Gasteiger partial charge in [0.05, 0.1) is 0 Å². The maximum Gasteiger partial charge on any atom is 0.334 e. The number of rotatable bonds is 2. The van der Waals surface area contributed by atoms with Crippen LogP contribution in [0.2, 0.25) is 0 Å². The number of carbonyl (C=O) groups excluding carboxylic acids is 1. The molecule has 0 amide bonds. The molecule has 1 N–H and O–H groups in total. The number of azo groups is 1. The van der Waals surface area contributed by atoms with E-state index in [4.69, 9.17) is 5.11 Å². The molecule has 1 heterocycles. The molecule has 0 aromatic heterocycles. The monoisotopic (exact) mass is 154 g/mol. The van der Waals surface area contributed by atoms with E-state index in [1.807, 2.05) is 0 Å². The van der Waals surface area contributed by atoms with Crippen LogP contribution in [0.5, 0.6) is 0 Å². The van der Waals surface area contributed by atoms with Gasteiger partial charge in [-0.25, -0.2) is 4.79 Å². The number of aliphatic carboxylic acids is 1. The summed E-state index contributed by atoms with van der Waals surface area (Å²) in [5.41, 5.74) is 0.123. The fourth-order valence-corrected chi connectivity index (χ4v) is 0.649. The van der Waals surface area contributed by atoms with Crippen LogP contribution in [0, 0.1) is 0 Å². The molecule has 0 aliphatic carbocycles. The number of ketones is 1. The zero-order chi connectivity index (χ0) is 8.43. The van der Waals surface area contributed by atoms with Crippen LogP contribution in [0.4, 0.5) is 0 Å². The molecule has 0 spiro atoms. The van der Waals surface area contributed by atoms with Crippen LogP contribution in [0.25, 0.3) is 0 Å². The van der Waals surface area contributed by atoms with Gasteiger partial charge in [0.2, 0.25) is 0 Å². The number of carboxylic acids is 1. The van der Waals surface area contributed by atoms with E-state index in [1.54, 1.807) is 0 Å². The van der Waals surface area contributed by atoms with Crippen molar-refractivity contribution in [3.8, 4) is 0 Å². The van der Waals surface area contributed by atoms with Crippen LogP contribution < -0.4 is 0 Å². The van der Waals surface area contributed by atoms with Gasteiger partial charge in [-0.15, -0.1) is 0 Å². The summed E-state index contributed by atoms with van der Waals surface area (Å²) in [4.78, 5) is 20.9. The molecule has 1 atom stereocenters. The second kappa shape index (κ2) is 2.61. The minimum absolute atomic E-state index is 0.123. The van der Waals surface area contributed by atoms with Gasteiger partial charge in [-0.05, 0) is 6.08 Å². The number of Topliss-reactive ketones (excluding diaryl/α,β-unsaturated/α-hetero) is 1. The Labute approximate surface area is 62.4 Å². The van der Waals surface area contributed by atoms with Gasteiger partial charge in [0.25, 0.3) is 0 Å². The summed E-state index contributed by atoms with van der Waals surface area (Å²) >= 11 is 0. The highest BCUT2D eigenvalue weighted by molar-refractivity contribution is 5.94. The first-order valence-electron chi connectivity index (χ1n) is 2.97. The topological polar surface area (TPSA) is 79.1 Å². The molecule has 0 unspecified atom stereocenters. The molecule has 58 valence electrons. The van der Waals surface area contributed by atoms with Crippen molar-refractivity contribution in [3.63, 3.8) is 0 Å². The number of allylic oxidation sites excluding steroid dienone is 1. The van der Waals surface area contributed by atoms with E-state index in [2.05, 4.69) is 10.2 Å². The Morgan fingerprint density at radius 3 is 2.55 bits per heavy atom. The van der Waals surface area contributed by atoms with Crippen molar-refractivity contribution in [1.29, 1.82) is 0 Å². The molecule has 1 aliphatic heterocycles. The highest BCUT2D eigenvalue weighted by Crippen LogP contribution is 2.12. The number of carbonyl (C=O) groups is 2. The summed E-state index contributed by atoms with van der Waals surface area (Å²) in [7, 11) is 0. The van der Waals surface area contributed by atoms with Crippen molar-refractivity contribution in [2.45, 2.75) is 13.0 Å². The third kappa shape index (κ3) is 1.49. The third-order valence-corrected chi connectivity index (χ3v) is 1.22. The van der Waals surface area contributed by atoms with Crippen LogP contribution in [0.3, 0.4) is 0 Å². The molecule has 11 heavy (non-hydrogen) atoms. The average molecular weight is 154 g/mol. The van der Waals surface area contributed by atoms with E-state index in [-0.39, 0.29) is 11.5 Å². The van der Waals surface area contributed by atoms with Crippen molar-refractivity contribution in [1.82, 2.24) is 0 Å². The Balaban J connectivity index is 2.79. The van der Waals surface area contributed by atoms with Gasteiger partial charge >= 0.3 is 5.97 Å². The van der Waals surface area contributed by atoms with E-state index in [9.17, 15) is 9.59 Å². The minimum Gasteiger partial charge on any atom is -0.479 e. The van der Waals surface area contributed by atoms with E-state index >= 15 is 0 Å². The Bertz CT molecular complexity index is 267. The van der Waals surface area contributed by atoms with Gasteiger partial charge in [-0.1, -0.05) is 0 Å². The van der Waals surface area contributed by atoms with Gasteiger partial charge < -0.3 is 5.11 Å². The third-order valence-electron chi connectivity index (χ3n) is 1.22. The average Bonchev–Trinajstić information content (AvgIpc) is 2.33. The van der Waals surface area contributed by atoms with E-state index < -0.39 is 12.0 Å². The molecule has 5 heteroatoms. The Morgan fingerprint density at radius 1 is 1.64 bits per heavy atom. The molecular weight excluding hydrogens is 148 g/mol. The number of hydrogen-bond donors (Lipinski definition) is 1. The quantitative estimate of drug-likeness (QED) is 0.624. The summed E-state index contributed by atoms with van der Waals surface area (Å²) in [5.74, 6) is -1.36. The molecule has 5 nitrogen and oxygen atoms in total. The standard InChI is InChI=1S/C6H6N2O3/c1-3(9)4-2-5(6(10)11)8-7-4/h2,5H,1H3,(H,10,11)/t5-/m0/s1. The SMILES string of the molecule is CC(=O)C1=C[C@@H](C(=O)O)N=N1. The van der Waals surface area contributed by atoms with Gasteiger partial charge in [-0.2, -0.15) is 10.2 Å². The molecule has 0 fully saturated rings. The first kappa shape index (κ1) is 7.59. The van der Waals surface area contributed by atoms with E-state index in [1.165, 1.54) is 13.0 Å². The summed E-state index contributed by atoms with van der Waals surface area (Å²) < 4.78 is 0. The normalized spacial score (nSPS) is 21.5. The highest BCUT2D eigenvalue weighted by Gasteiger charge is 2.21. The summed E-state index contributed by atoms with van der Waals surface area (Å²) in [6, 6.07) is -0.978. The first-order valence-corrected chi connectivity index (χ1v) is 2.97. The van der Waals surface area contributed by atoms with Crippen molar-refractivity contribution < 1.29 is 14.7 Å². The van der Waals surface area contributed by atoms with Crippen LogP contribution in [-0.2, 0) is 9.59 Å². The number of hydrogen-bond acceptors (Lipinski definition) is 4. The summed E-state index contributed by atoms with van der Waals surface area (Å²) in [6.45, 7) is 1.31. The molecule has 1 rings (SSSR count). The lowest BCUT2D eigenvalue weighted by Gasteiger charge is -1.89. The van der Waals surface area contributed by atoms with Crippen molar-refractivity contribution in [2.24, 2.45) is 10.2 Å². The fourth-order valence-electron chi connectivity index (χ4n) is 0.649. The zero-order valence-corrected chi connectivity index (χ0v) is 5.81. The molecule has 0 saturated carbocycles. The predicted molar refractivity (Wildman–Crippen MR) is 35.0 cm³/mol. The maximum atomic E-state index is 10.6. The smallest absolute Gasteiger partial charge is 0.334 e. The Hall–Kier alpha value is -1.52.